The van der Waals surface area contributed by atoms with Gasteiger partial charge in [0, 0.05) is 6.04 Å². The molecule has 0 amide bonds. The Morgan fingerprint density at radius 2 is 2.29 bits per heavy atom. The first-order chi connectivity index (χ1) is 6.68. The summed E-state index contributed by atoms with van der Waals surface area (Å²) in [6.45, 7) is 0.961. The van der Waals surface area contributed by atoms with Crippen molar-refractivity contribution in [3.63, 3.8) is 0 Å². The molecule has 2 N–H and O–H groups in total. The van der Waals surface area contributed by atoms with Crippen LogP contribution in [0.1, 0.15) is 24.4 Å². The number of benzene rings is 1. The predicted molar refractivity (Wildman–Crippen MR) is 55.7 cm³/mol. The van der Waals surface area contributed by atoms with E-state index in [1.165, 1.54) is 6.07 Å². The van der Waals surface area contributed by atoms with E-state index in [0.29, 0.717) is 0 Å². The number of halogens is 2. The molecule has 1 fully saturated rings. The molecule has 14 heavy (non-hydrogen) atoms. The minimum absolute atomic E-state index is 0.0336. The quantitative estimate of drug-likeness (QED) is 0.813. The largest absolute Gasteiger partial charge is 0.507 e. The van der Waals surface area contributed by atoms with Gasteiger partial charge in [0.1, 0.15) is 11.6 Å². The second-order valence-corrected chi connectivity index (χ2v) is 4.28. The second kappa shape index (κ2) is 3.87. The average molecular weight is 260 g/mol. The molecule has 1 aliphatic rings. The second-order valence-electron chi connectivity index (χ2n) is 3.48. The summed E-state index contributed by atoms with van der Waals surface area (Å²) >= 11 is 2.98. The molecule has 1 aliphatic heterocycles. The average Bonchev–Trinajstić information content (AvgIpc) is 2.66. The Hall–Kier alpha value is -0.610. The van der Waals surface area contributed by atoms with Gasteiger partial charge in [-0.05, 0) is 53.0 Å². The first-order valence-corrected chi connectivity index (χ1v) is 5.39. The molecule has 0 spiro atoms. The van der Waals surface area contributed by atoms with E-state index in [0.717, 1.165) is 24.9 Å². The van der Waals surface area contributed by atoms with Crippen LogP contribution in [0.15, 0.2) is 16.6 Å². The molecule has 76 valence electrons. The van der Waals surface area contributed by atoms with Crippen LogP contribution in [0, 0.1) is 5.82 Å². The Morgan fingerprint density at radius 3 is 2.86 bits per heavy atom. The van der Waals surface area contributed by atoms with Crippen LogP contribution in [0.4, 0.5) is 4.39 Å². The van der Waals surface area contributed by atoms with Crippen molar-refractivity contribution < 1.29 is 9.50 Å². The summed E-state index contributed by atoms with van der Waals surface area (Å²) in [6.07, 6.45) is 2.10. The lowest BCUT2D eigenvalue weighted by Gasteiger charge is -2.11. The molecule has 1 saturated heterocycles. The Morgan fingerprint density at radius 1 is 1.50 bits per heavy atom. The van der Waals surface area contributed by atoms with Crippen molar-refractivity contribution in [2.24, 2.45) is 0 Å². The highest BCUT2D eigenvalue weighted by atomic mass is 79.9. The van der Waals surface area contributed by atoms with Gasteiger partial charge in [0.15, 0.2) is 0 Å². The molecule has 2 rings (SSSR count). The summed E-state index contributed by atoms with van der Waals surface area (Å²) < 4.78 is 13.4. The number of hydrogen-bond donors (Lipinski definition) is 2. The van der Waals surface area contributed by atoms with E-state index in [1.54, 1.807) is 6.07 Å². The molecule has 0 aromatic heterocycles. The maximum Gasteiger partial charge on any atom is 0.141 e. The third kappa shape index (κ3) is 1.77. The van der Waals surface area contributed by atoms with Gasteiger partial charge in [0.2, 0.25) is 0 Å². The normalized spacial score (nSPS) is 21.4. The summed E-state index contributed by atoms with van der Waals surface area (Å²) in [7, 11) is 0. The summed E-state index contributed by atoms with van der Waals surface area (Å²) in [6, 6.07) is 3.26. The van der Waals surface area contributed by atoms with Gasteiger partial charge in [0.05, 0.1) is 4.47 Å². The first kappa shape index (κ1) is 9.93. The molecular formula is C10H11BrFNO. The molecule has 1 aromatic carbocycles. The van der Waals surface area contributed by atoms with Crippen molar-refractivity contribution in [2.75, 3.05) is 6.54 Å². The number of phenolic OH excluding ortho intramolecular Hbond substituents is 1. The van der Waals surface area contributed by atoms with E-state index in [2.05, 4.69) is 21.2 Å². The van der Waals surface area contributed by atoms with E-state index >= 15 is 0 Å². The molecule has 0 saturated carbocycles. The molecule has 1 heterocycles. The molecule has 1 atom stereocenters. The third-order valence-electron chi connectivity index (χ3n) is 2.49. The minimum atomic E-state index is -0.409. The van der Waals surface area contributed by atoms with Gasteiger partial charge in [-0.2, -0.15) is 0 Å². The van der Waals surface area contributed by atoms with Crippen LogP contribution in [0.3, 0.4) is 0 Å². The molecule has 0 radical (unpaired) electrons. The van der Waals surface area contributed by atoms with Gasteiger partial charge in [-0.1, -0.05) is 0 Å². The summed E-state index contributed by atoms with van der Waals surface area (Å²) in [5.41, 5.74) is 0.820. The maximum atomic E-state index is 13.3. The zero-order valence-corrected chi connectivity index (χ0v) is 9.14. The molecule has 0 aliphatic carbocycles. The Kier molecular flexibility index (Phi) is 2.74. The fourth-order valence-corrected chi connectivity index (χ4v) is 1.99. The highest BCUT2D eigenvalue weighted by Gasteiger charge is 2.18. The van der Waals surface area contributed by atoms with Gasteiger partial charge in [-0.15, -0.1) is 0 Å². The zero-order valence-electron chi connectivity index (χ0n) is 7.56. The highest BCUT2D eigenvalue weighted by Crippen LogP contribution is 2.32. The van der Waals surface area contributed by atoms with Crippen LogP contribution in [0.25, 0.3) is 0 Å². The lowest BCUT2D eigenvalue weighted by molar-refractivity contribution is 0.461. The number of aromatic hydroxyl groups is 1. The Labute approximate surface area is 90.3 Å². The molecule has 1 unspecified atom stereocenters. The SMILES string of the molecule is Oc1cc(C2CCCN2)cc(F)c1Br. The number of phenols is 1. The fraction of sp³-hybridized carbons (Fsp3) is 0.400. The topological polar surface area (TPSA) is 32.3 Å². The molecular weight excluding hydrogens is 249 g/mol. The van der Waals surface area contributed by atoms with E-state index in [4.69, 9.17) is 0 Å². The van der Waals surface area contributed by atoms with Crippen LogP contribution >= 0.6 is 15.9 Å². The number of rotatable bonds is 1. The lowest BCUT2D eigenvalue weighted by Crippen LogP contribution is -2.12. The summed E-state index contributed by atoms with van der Waals surface area (Å²) in [5.74, 6) is -0.442. The van der Waals surface area contributed by atoms with Crippen molar-refractivity contribution in [1.29, 1.82) is 0 Å². The first-order valence-electron chi connectivity index (χ1n) is 4.60. The standard InChI is InChI=1S/C10H11BrFNO/c11-10-7(12)4-6(5-9(10)14)8-2-1-3-13-8/h4-5,8,13-14H,1-3H2. The van der Waals surface area contributed by atoms with Crippen LogP contribution in [-0.2, 0) is 0 Å². The lowest BCUT2D eigenvalue weighted by atomic mass is 10.1. The van der Waals surface area contributed by atoms with Crippen molar-refractivity contribution in [2.45, 2.75) is 18.9 Å². The smallest absolute Gasteiger partial charge is 0.141 e. The van der Waals surface area contributed by atoms with Gasteiger partial charge in [-0.3, -0.25) is 0 Å². The summed E-state index contributed by atoms with van der Waals surface area (Å²) in [4.78, 5) is 0. The zero-order chi connectivity index (χ0) is 10.1. The van der Waals surface area contributed by atoms with Crippen molar-refractivity contribution in [1.82, 2.24) is 5.32 Å². The number of nitrogens with one attached hydrogen (secondary N) is 1. The number of hydrogen-bond acceptors (Lipinski definition) is 2. The third-order valence-corrected chi connectivity index (χ3v) is 3.28. The molecule has 0 bridgehead atoms. The van der Waals surface area contributed by atoms with Crippen molar-refractivity contribution in [3.8, 4) is 5.75 Å². The monoisotopic (exact) mass is 259 g/mol. The maximum absolute atomic E-state index is 13.3. The van der Waals surface area contributed by atoms with Crippen molar-refractivity contribution >= 4 is 15.9 Å². The van der Waals surface area contributed by atoms with Gasteiger partial charge in [0.25, 0.3) is 0 Å². The van der Waals surface area contributed by atoms with Crippen LogP contribution in [0.5, 0.6) is 5.75 Å². The van der Waals surface area contributed by atoms with E-state index in [-0.39, 0.29) is 16.3 Å². The van der Waals surface area contributed by atoms with Gasteiger partial charge >= 0.3 is 0 Å². The van der Waals surface area contributed by atoms with Gasteiger partial charge < -0.3 is 10.4 Å². The molecule has 4 heteroatoms. The minimum Gasteiger partial charge on any atom is -0.507 e. The molecule has 1 aromatic rings. The van der Waals surface area contributed by atoms with E-state index < -0.39 is 5.82 Å². The predicted octanol–water partition coefficient (Wildman–Crippen LogP) is 2.72. The van der Waals surface area contributed by atoms with Gasteiger partial charge in [-0.25, -0.2) is 4.39 Å². The van der Waals surface area contributed by atoms with Crippen LogP contribution in [-0.4, -0.2) is 11.7 Å². The summed E-state index contributed by atoms with van der Waals surface area (Å²) in [5, 5.41) is 12.7. The van der Waals surface area contributed by atoms with Crippen LogP contribution in [0.2, 0.25) is 0 Å². The fourth-order valence-electron chi connectivity index (χ4n) is 1.77. The van der Waals surface area contributed by atoms with Crippen LogP contribution < -0.4 is 5.32 Å². The van der Waals surface area contributed by atoms with E-state index in [1.807, 2.05) is 0 Å². The highest BCUT2D eigenvalue weighted by molar-refractivity contribution is 9.10. The van der Waals surface area contributed by atoms with Crippen molar-refractivity contribution in [3.05, 3.63) is 28.0 Å². The van der Waals surface area contributed by atoms with E-state index in [9.17, 15) is 9.50 Å². The molecule has 2 nitrogen and oxygen atoms in total. The Balaban J connectivity index is 2.34. The Bertz CT molecular complexity index is 327.